The molecule has 0 aliphatic heterocycles. The normalized spacial score (nSPS) is 20.0. The van der Waals surface area contributed by atoms with Crippen LogP contribution in [0.15, 0.2) is 4.42 Å². The molecule has 4 heteroatoms. The minimum Gasteiger partial charge on any atom is -0.440 e. The van der Waals surface area contributed by atoms with Gasteiger partial charge >= 0.3 is 0 Å². The van der Waals surface area contributed by atoms with Crippen molar-refractivity contribution in [2.75, 3.05) is 0 Å². The summed E-state index contributed by atoms with van der Waals surface area (Å²) in [6.45, 7) is 4.15. The number of fused-ring (bicyclic) bond motifs is 1. The van der Waals surface area contributed by atoms with E-state index in [9.17, 15) is 4.79 Å². The fourth-order valence-corrected chi connectivity index (χ4v) is 2.72. The molecule has 1 aliphatic rings. The van der Waals surface area contributed by atoms with Crippen LogP contribution in [0.3, 0.4) is 0 Å². The topological polar surface area (TPSA) is 30.2 Å². The van der Waals surface area contributed by atoms with Crippen LogP contribution in [0.2, 0.25) is 0 Å². The minimum absolute atomic E-state index is 0.0242. The SMILES string of the molecule is CC1(C)CC(=O)c2sc(=S)oc2C1. The highest BCUT2D eigenvalue weighted by Crippen LogP contribution is 2.37. The average Bonchev–Trinajstić information content (AvgIpc) is 2.27. The molecule has 0 spiro atoms. The molecule has 70 valence electrons. The first-order valence-corrected chi connectivity index (χ1v) is 5.36. The second kappa shape index (κ2) is 2.75. The van der Waals surface area contributed by atoms with E-state index in [4.69, 9.17) is 16.6 Å². The predicted molar refractivity (Wildman–Crippen MR) is 53.9 cm³/mol. The third-order valence-electron chi connectivity index (χ3n) is 2.18. The third kappa shape index (κ3) is 1.60. The van der Waals surface area contributed by atoms with E-state index in [-0.39, 0.29) is 11.2 Å². The Labute approximate surface area is 85.6 Å². The standard InChI is InChI=1S/C9H10O2S2/c1-9(2)3-5(10)7-6(4-9)11-8(12)13-7/h3-4H2,1-2H3. The first kappa shape index (κ1) is 9.09. The summed E-state index contributed by atoms with van der Waals surface area (Å²) in [6.07, 6.45) is 1.42. The maximum absolute atomic E-state index is 11.6. The van der Waals surface area contributed by atoms with Gasteiger partial charge in [-0.3, -0.25) is 4.79 Å². The lowest BCUT2D eigenvalue weighted by molar-refractivity contribution is 0.0907. The third-order valence-corrected chi connectivity index (χ3v) is 3.42. The zero-order valence-corrected chi connectivity index (χ0v) is 9.18. The molecular weight excluding hydrogens is 204 g/mol. The van der Waals surface area contributed by atoms with E-state index in [0.717, 1.165) is 17.1 Å². The molecule has 0 N–H and O–H groups in total. The molecule has 1 aromatic heterocycles. The van der Waals surface area contributed by atoms with Crippen LogP contribution in [0, 0.1) is 9.44 Å². The molecule has 0 amide bonds. The Morgan fingerprint density at radius 1 is 1.46 bits per heavy atom. The highest BCUT2D eigenvalue weighted by atomic mass is 32.1. The molecule has 2 nitrogen and oxygen atoms in total. The van der Waals surface area contributed by atoms with E-state index in [2.05, 4.69) is 13.8 Å². The van der Waals surface area contributed by atoms with Gasteiger partial charge in [0.25, 0.3) is 0 Å². The van der Waals surface area contributed by atoms with E-state index in [1.54, 1.807) is 0 Å². The van der Waals surface area contributed by atoms with Crippen molar-refractivity contribution in [2.45, 2.75) is 26.7 Å². The quantitative estimate of drug-likeness (QED) is 0.621. The zero-order valence-electron chi connectivity index (χ0n) is 7.55. The van der Waals surface area contributed by atoms with Crippen molar-refractivity contribution in [1.29, 1.82) is 0 Å². The maximum atomic E-state index is 11.6. The van der Waals surface area contributed by atoms with Crippen molar-refractivity contribution < 1.29 is 9.21 Å². The molecule has 0 saturated heterocycles. The van der Waals surface area contributed by atoms with E-state index < -0.39 is 0 Å². The molecule has 0 atom stereocenters. The Kier molecular flexibility index (Phi) is 1.92. The largest absolute Gasteiger partial charge is 0.440 e. The second-order valence-corrected chi connectivity index (χ2v) is 5.76. The fraction of sp³-hybridized carbons (Fsp3) is 0.556. The highest BCUT2D eigenvalue weighted by Gasteiger charge is 2.33. The van der Waals surface area contributed by atoms with Crippen molar-refractivity contribution in [2.24, 2.45) is 5.41 Å². The molecule has 2 rings (SSSR count). The lowest BCUT2D eigenvalue weighted by Gasteiger charge is -2.26. The molecule has 0 bridgehead atoms. The van der Waals surface area contributed by atoms with Crippen LogP contribution < -0.4 is 0 Å². The zero-order chi connectivity index (χ0) is 9.64. The lowest BCUT2D eigenvalue weighted by atomic mass is 9.78. The van der Waals surface area contributed by atoms with E-state index in [0.29, 0.717) is 10.4 Å². The van der Waals surface area contributed by atoms with Gasteiger partial charge in [-0.25, -0.2) is 0 Å². The monoisotopic (exact) mass is 214 g/mol. The summed E-state index contributed by atoms with van der Waals surface area (Å²) in [5.74, 6) is 0.965. The number of Topliss-reactive ketones (excluding diaryl/α,β-unsaturated/α-hetero) is 1. The van der Waals surface area contributed by atoms with Crippen LogP contribution in [-0.2, 0) is 6.42 Å². The van der Waals surface area contributed by atoms with Gasteiger partial charge in [-0.1, -0.05) is 25.2 Å². The minimum atomic E-state index is 0.0242. The molecule has 1 aromatic rings. The number of carbonyl (C=O) groups is 1. The van der Waals surface area contributed by atoms with Crippen molar-refractivity contribution >= 4 is 29.3 Å². The van der Waals surface area contributed by atoms with Crippen LogP contribution in [0.4, 0.5) is 0 Å². The summed E-state index contributed by atoms with van der Waals surface area (Å²) >= 11 is 6.21. The Morgan fingerprint density at radius 3 is 2.85 bits per heavy atom. The van der Waals surface area contributed by atoms with Gasteiger partial charge in [0, 0.05) is 12.8 Å². The molecule has 0 radical (unpaired) electrons. The summed E-state index contributed by atoms with van der Waals surface area (Å²) < 4.78 is 5.79. The average molecular weight is 214 g/mol. The molecule has 0 saturated carbocycles. The van der Waals surface area contributed by atoms with Crippen molar-refractivity contribution in [3.63, 3.8) is 0 Å². The Morgan fingerprint density at radius 2 is 2.15 bits per heavy atom. The van der Waals surface area contributed by atoms with Crippen molar-refractivity contribution in [3.05, 3.63) is 14.7 Å². The van der Waals surface area contributed by atoms with Gasteiger partial charge in [-0.05, 0) is 17.6 Å². The van der Waals surface area contributed by atoms with E-state index in [1.165, 1.54) is 11.3 Å². The number of rotatable bonds is 0. The fourth-order valence-electron chi connectivity index (χ4n) is 1.65. The Hall–Kier alpha value is -0.480. The number of hydrogen-bond acceptors (Lipinski definition) is 4. The van der Waals surface area contributed by atoms with Gasteiger partial charge in [0.05, 0.1) is 0 Å². The van der Waals surface area contributed by atoms with Gasteiger partial charge in [0.1, 0.15) is 10.6 Å². The molecule has 0 fully saturated rings. The summed E-state index contributed by atoms with van der Waals surface area (Å²) in [7, 11) is 0. The van der Waals surface area contributed by atoms with E-state index >= 15 is 0 Å². The van der Waals surface area contributed by atoms with Gasteiger partial charge in [-0.15, -0.1) is 0 Å². The summed E-state index contributed by atoms with van der Waals surface area (Å²) in [5, 5.41) is 0. The van der Waals surface area contributed by atoms with Crippen LogP contribution in [0.1, 0.15) is 35.7 Å². The molecule has 0 unspecified atom stereocenters. The molecule has 1 heterocycles. The smallest absolute Gasteiger partial charge is 0.247 e. The number of ketones is 1. The molecule has 13 heavy (non-hydrogen) atoms. The number of hydrogen-bond donors (Lipinski definition) is 0. The first-order chi connectivity index (χ1) is 5.98. The van der Waals surface area contributed by atoms with Crippen molar-refractivity contribution in [3.8, 4) is 0 Å². The van der Waals surface area contributed by atoms with Gasteiger partial charge in [0.15, 0.2) is 5.78 Å². The summed E-state index contributed by atoms with van der Waals surface area (Å²) in [6, 6.07) is 0. The van der Waals surface area contributed by atoms with E-state index in [1.807, 2.05) is 0 Å². The van der Waals surface area contributed by atoms with Crippen LogP contribution in [0.25, 0.3) is 0 Å². The molecule has 0 aromatic carbocycles. The lowest BCUT2D eigenvalue weighted by Crippen LogP contribution is -2.25. The maximum Gasteiger partial charge on any atom is 0.247 e. The van der Waals surface area contributed by atoms with Crippen LogP contribution >= 0.6 is 23.6 Å². The van der Waals surface area contributed by atoms with Gasteiger partial charge < -0.3 is 4.42 Å². The van der Waals surface area contributed by atoms with Gasteiger partial charge in [-0.2, -0.15) is 0 Å². The van der Waals surface area contributed by atoms with Crippen LogP contribution in [-0.4, -0.2) is 5.78 Å². The number of carbonyl (C=O) groups excluding carboxylic acids is 1. The summed E-state index contributed by atoms with van der Waals surface area (Å²) in [5.41, 5.74) is 0.0242. The molecule has 1 aliphatic carbocycles. The van der Waals surface area contributed by atoms with Crippen molar-refractivity contribution in [1.82, 2.24) is 0 Å². The van der Waals surface area contributed by atoms with Crippen LogP contribution in [0.5, 0.6) is 0 Å². The second-order valence-electron chi connectivity index (χ2n) is 4.15. The summed E-state index contributed by atoms with van der Waals surface area (Å²) in [4.78, 5) is 12.4. The first-order valence-electron chi connectivity index (χ1n) is 4.14. The molecular formula is C9H10O2S2. The van der Waals surface area contributed by atoms with Gasteiger partial charge in [0.2, 0.25) is 4.02 Å². The Balaban J connectivity index is 2.54. The highest BCUT2D eigenvalue weighted by molar-refractivity contribution is 7.73. The Bertz CT molecular complexity index is 411. The predicted octanol–water partition coefficient (Wildman–Crippen LogP) is 3.23.